The Balaban J connectivity index is 1.84. The minimum absolute atomic E-state index is 0.692. The summed E-state index contributed by atoms with van der Waals surface area (Å²) in [7, 11) is 3.69. The highest BCUT2D eigenvalue weighted by molar-refractivity contribution is 7.09. The molecule has 2 heterocycles. The van der Waals surface area contributed by atoms with Gasteiger partial charge in [-0.05, 0) is 13.0 Å². The molecule has 0 saturated heterocycles. The van der Waals surface area contributed by atoms with Gasteiger partial charge < -0.3 is 10.6 Å². The average molecular weight is 278 g/mol. The Morgan fingerprint density at radius 3 is 2.79 bits per heavy atom. The number of rotatable bonds is 4. The normalized spacial score (nSPS) is 11.6. The molecule has 0 aliphatic carbocycles. The van der Waals surface area contributed by atoms with Crippen molar-refractivity contribution < 1.29 is 0 Å². The van der Waals surface area contributed by atoms with Gasteiger partial charge in [0.05, 0.1) is 30.0 Å². The first-order chi connectivity index (χ1) is 9.20. The lowest BCUT2D eigenvalue weighted by Crippen LogP contribution is -2.36. The molecule has 0 spiro atoms. The van der Waals surface area contributed by atoms with Gasteiger partial charge in [0.15, 0.2) is 5.96 Å². The van der Waals surface area contributed by atoms with Gasteiger partial charge in [0.1, 0.15) is 0 Å². The van der Waals surface area contributed by atoms with Crippen LogP contribution in [0, 0.1) is 6.92 Å². The van der Waals surface area contributed by atoms with E-state index < -0.39 is 0 Å². The number of thiazole rings is 1. The van der Waals surface area contributed by atoms with E-state index in [1.807, 2.05) is 30.2 Å². The Hall–Kier alpha value is -1.89. The van der Waals surface area contributed by atoms with Crippen LogP contribution in [0.4, 0.5) is 0 Å². The second kappa shape index (κ2) is 6.33. The van der Waals surface area contributed by atoms with Gasteiger partial charge in [0.2, 0.25) is 0 Å². The SMILES string of the molecule is CN=C(NCc1scnc1C)NCc1ccnn1C. The lowest BCUT2D eigenvalue weighted by atomic mass is 10.4. The Morgan fingerprint density at radius 1 is 1.42 bits per heavy atom. The van der Waals surface area contributed by atoms with Crippen LogP contribution in [0.5, 0.6) is 0 Å². The van der Waals surface area contributed by atoms with Crippen molar-refractivity contribution >= 4 is 17.3 Å². The largest absolute Gasteiger partial charge is 0.351 e. The van der Waals surface area contributed by atoms with Crippen LogP contribution in [-0.4, -0.2) is 27.8 Å². The topological polar surface area (TPSA) is 67.1 Å². The summed E-state index contributed by atoms with van der Waals surface area (Å²) >= 11 is 1.65. The highest BCUT2D eigenvalue weighted by atomic mass is 32.1. The van der Waals surface area contributed by atoms with Crippen molar-refractivity contribution in [1.29, 1.82) is 0 Å². The van der Waals surface area contributed by atoms with Crippen molar-refractivity contribution in [3.05, 3.63) is 34.0 Å². The summed E-state index contributed by atoms with van der Waals surface area (Å²) in [6.07, 6.45) is 1.79. The zero-order valence-corrected chi connectivity index (χ0v) is 12.2. The van der Waals surface area contributed by atoms with Gasteiger partial charge in [0.25, 0.3) is 0 Å². The molecular formula is C12H18N6S. The van der Waals surface area contributed by atoms with Gasteiger partial charge in [-0.15, -0.1) is 11.3 Å². The third-order valence-electron chi connectivity index (χ3n) is 2.84. The average Bonchev–Trinajstić information content (AvgIpc) is 2.99. The van der Waals surface area contributed by atoms with Crippen LogP contribution in [-0.2, 0) is 20.1 Å². The molecule has 0 aliphatic heterocycles. The molecule has 0 fully saturated rings. The summed E-state index contributed by atoms with van der Waals surface area (Å²) in [6.45, 7) is 3.44. The second-order valence-corrected chi connectivity index (χ2v) is 5.03. The maximum Gasteiger partial charge on any atom is 0.191 e. The molecule has 0 aromatic carbocycles. The van der Waals surface area contributed by atoms with Gasteiger partial charge >= 0.3 is 0 Å². The molecular weight excluding hydrogens is 260 g/mol. The third-order valence-corrected chi connectivity index (χ3v) is 3.78. The maximum absolute atomic E-state index is 4.23. The predicted octanol–water partition coefficient (Wildman–Crippen LogP) is 1.05. The third kappa shape index (κ3) is 3.54. The Bertz CT molecular complexity index is 510. The van der Waals surface area contributed by atoms with E-state index in [2.05, 4.69) is 25.7 Å². The predicted molar refractivity (Wildman–Crippen MR) is 77.1 cm³/mol. The number of guanidine groups is 1. The van der Waals surface area contributed by atoms with Gasteiger partial charge in [0, 0.05) is 25.2 Å². The molecule has 102 valence electrons. The quantitative estimate of drug-likeness (QED) is 0.648. The number of aromatic nitrogens is 3. The highest BCUT2D eigenvalue weighted by Gasteiger charge is 2.04. The minimum Gasteiger partial charge on any atom is -0.351 e. The lowest BCUT2D eigenvalue weighted by molar-refractivity contribution is 0.684. The zero-order valence-electron chi connectivity index (χ0n) is 11.3. The van der Waals surface area contributed by atoms with Crippen LogP contribution < -0.4 is 10.6 Å². The number of aliphatic imine (C=N–C) groups is 1. The fourth-order valence-electron chi connectivity index (χ4n) is 1.63. The van der Waals surface area contributed by atoms with Crippen molar-refractivity contribution in [3.63, 3.8) is 0 Å². The van der Waals surface area contributed by atoms with E-state index in [4.69, 9.17) is 0 Å². The van der Waals surface area contributed by atoms with Gasteiger partial charge in [-0.2, -0.15) is 5.10 Å². The number of hydrogen-bond acceptors (Lipinski definition) is 4. The molecule has 7 heteroatoms. The van der Waals surface area contributed by atoms with Crippen LogP contribution in [0.1, 0.15) is 16.3 Å². The standard InChI is InChI=1S/C12H18N6S/c1-9-11(19-8-16-9)7-15-12(13-2)14-6-10-4-5-17-18(10)3/h4-5,8H,6-7H2,1-3H3,(H2,13,14,15). The van der Waals surface area contributed by atoms with E-state index in [0.717, 1.165) is 23.9 Å². The van der Waals surface area contributed by atoms with E-state index in [1.165, 1.54) is 4.88 Å². The van der Waals surface area contributed by atoms with Crippen molar-refractivity contribution in [1.82, 2.24) is 25.4 Å². The summed E-state index contributed by atoms with van der Waals surface area (Å²) in [5, 5.41) is 10.7. The van der Waals surface area contributed by atoms with E-state index in [9.17, 15) is 0 Å². The molecule has 0 bridgehead atoms. The van der Waals surface area contributed by atoms with Crippen molar-refractivity contribution in [2.75, 3.05) is 7.05 Å². The highest BCUT2D eigenvalue weighted by Crippen LogP contribution is 2.10. The van der Waals surface area contributed by atoms with E-state index in [-0.39, 0.29) is 0 Å². The van der Waals surface area contributed by atoms with Crippen LogP contribution in [0.15, 0.2) is 22.8 Å². The van der Waals surface area contributed by atoms with Crippen LogP contribution in [0.2, 0.25) is 0 Å². The molecule has 0 amide bonds. The maximum atomic E-state index is 4.23. The molecule has 0 radical (unpaired) electrons. The van der Waals surface area contributed by atoms with Crippen molar-refractivity contribution in [2.45, 2.75) is 20.0 Å². The monoisotopic (exact) mass is 278 g/mol. The fraction of sp³-hybridized carbons (Fsp3) is 0.417. The first kappa shape index (κ1) is 13.5. The van der Waals surface area contributed by atoms with Crippen LogP contribution >= 0.6 is 11.3 Å². The van der Waals surface area contributed by atoms with Gasteiger partial charge in [-0.1, -0.05) is 0 Å². The number of hydrogen-bond donors (Lipinski definition) is 2. The van der Waals surface area contributed by atoms with E-state index in [0.29, 0.717) is 6.54 Å². The fourth-order valence-corrected chi connectivity index (χ4v) is 2.35. The Kier molecular flexibility index (Phi) is 4.51. The smallest absolute Gasteiger partial charge is 0.191 e. The summed E-state index contributed by atoms with van der Waals surface area (Å²) in [5.41, 5.74) is 4.04. The van der Waals surface area contributed by atoms with Crippen molar-refractivity contribution in [3.8, 4) is 0 Å². The zero-order chi connectivity index (χ0) is 13.7. The summed E-state index contributed by atoms with van der Waals surface area (Å²) in [4.78, 5) is 9.65. The molecule has 0 aliphatic rings. The molecule has 2 aromatic rings. The number of aryl methyl sites for hydroxylation is 2. The molecule has 0 atom stereocenters. The molecule has 6 nitrogen and oxygen atoms in total. The molecule has 19 heavy (non-hydrogen) atoms. The van der Waals surface area contributed by atoms with Crippen molar-refractivity contribution in [2.24, 2.45) is 12.0 Å². The lowest BCUT2D eigenvalue weighted by Gasteiger charge is -2.11. The summed E-state index contributed by atoms with van der Waals surface area (Å²) in [6, 6.07) is 1.98. The number of nitrogens with one attached hydrogen (secondary N) is 2. The first-order valence-electron chi connectivity index (χ1n) is 6.01. The van der Waals surface area contributed by atoms with E-state index >= 15 is 0 Å². The molecule has 0 unspecified atom stereocenters. The van der Waals surface area contributed by atoms with Crippen LogP contribution in [0.3, 0.4) is 0 Å². The van der Waals surface area contributed by atoms with Gasteiger partial charge in [-0.3, -0.25) is 9.67 Å². The molecule has 2 rings (SSSR count). The van der Waals surface area contributed by atoms with Gasteiger partial charge in [-0.25, -0.2) is 4.98 Å². The summed E-state index contributed by atoms with van der Waals surface area (Å²) in [5.74, 6) is 0.772. The van der Waals surface area contributed by atoms with Crippen LogP contribution in [0.25, 0.3) is 0 Å². The molecule has 0 saturated carbocycles. The molecule has 2 N–H and O–H groups in total. The summed E-state index contributed by atoms with van der Waals surface area (Å²) < 4.78 is 1.84. The van der Waals surface area contributed by atoms with E-state index in [1.54, 1.807) is 24.6 Å². The Morgan fingerprint density at radius 2 is 2.21 bits per heavy atom. The first-order valence-corrected chi connectivity index (χ1v) is 6.89. The number of nitrogens with zero attached hydrogens (tertiary/aromatic N) is 4. The second-order valence-electron chi connectivity index (χ2n) is 4.09. The minimum atomic E-state index is 0.692. The Labute approximate surface area is 116 Å². The molecule has 2 aromatic heterocycles.